The topological polar surface area (TPSA) is 0 Å². The maximum atomic E-state index is 12.9. The highest BCUT2D eigenvalue weighted by Gasteiger charge is 2.34. The van der Waals surface area contributed by atoms with Crippen LogP contribution >= 0.6 is 0 Å². The summed E-state index contributed by atoms with van der Waals surface area (Å²) in [4.78, 5) is 0. The van der Waals surface area contributed by atoms with Crippen molar-refractivity contribution in [2.45, 2.75) is 13.1 Å². The minimum Gasteiger partial charge on any atom is -0.207 e. The van der Waals surface area contributed by atoms with E-state index in [-0.39, 0.29) is 5.56 Å². The summed E-state index contributed by atoms with van der Waals surface area (Å²) < 4.78 is 51.6. The third-order valence-electron chi connectivity index (χ3n) is 2.71. The Labute approximate surface area is 102 Å². The predicted octanol–water partition coefficient (Wildman–Crippen LogP) is 4.82. The van der Waals surface area contributed by atoms with Crippen LogP contribution in [-0.2, 0) is 6.18 Å². The molecule has 2 aromatic carbocycles. The largest absolute Gasteiger partial charge is 0.417 e. The fourth-order valence-corrected chi connectivity index (χ4v) is 1.90. The second kappa shape index (κ2) is 4.44. The van der Waals surface area contributed by atoms with Crippen molar-refractivity contribution in [2.75, 3.05) is 0 Å². The summed E-state index contributed by atoms with van der Waals surface area (Å²) >= 11 is 0. The van der Waals surface area contributed by atoms with E-state index in [0.29, 0.717) is 11.1 Å². The quantitative estimate of drug-likeness (QED) is 0.640. The van der Waals surface area contributed by atoms with Gasteiger partial charge in [0.15, 0.2) is 0 Å². The van der Waals surface area contributed by atoms with Crippen LogP contribution in [0.25, 0.3) is 11.1 Å². The highest BCUT2D eigenvalue weighted by molar-refractivity contribution is 5.71. The first-order valence-electron chi connectivity index (χ1n) is 5.32. The number of benzene rings is 2. The second-order valence-corrected chi connectivity index (χ2v) is 4.00. The fourth-order valence-electron chi connectivity index (χ4n) is 1.90. The van der Waals surface area contributed by atoms with E-state index in [4.69, 9.17) is 0 Å². The molecule has 0 aliphatic heterocycles. The molecule has 0 saturated carbocycles. The van der Waals surface area contributed by atoms with Gasteiger partial charge < -0.3 is 0 Å². The molecule has 0 aliphatic rings. The molecule has 0 aromatic heterocycles. The molecule has 0 bridgehead atoms. The number of aryl methyl sites for hydroxylation is 1. The van der Waals surface area contributed by atoms with Crippen molar-refractivity contribution in [3.8, 4) is 11.1 Å². The van der Waals surface area contributed by atoms with E-state index >= 15 is 0 Å². The van der Waals surface area contributed by atoms with Gasteiger partial charge >= 0.3 is 6.18 Å². The number of rotatable bonds is 1. The summed E-state index contributed by atoms with van der Waals surface area (Å²) in [6.45, 7) is 1.61. The lowest BCUT2D eigenvalue weighted by Gasteiger charge is -2.15. The molecule has 0 N–H and O–H groups in total. The van der Waals surface area contributed by atoms with Gasteiger partial charge in [-0.3, -0.25) is 0 Å². The highest BCUT2D eigenvalue weighted by Crippen LogP contribution is 2.38. The van der Waals surface area contributed by atoms with Crippen LogP contribution < -0.4 is 0 Å². The average molecular weight is 254 g/mol. The monoisotopic (exact) mass is 254 g/mol. The van der Waals surface area contributed by atoms with E-state index in [0.717, 1.165) is 18.2 Å². The maximum Gasteiger partial charge on any atom is 0.417 e. The second-order valence-electron chi connectivity index (χ2n) is 4.00. The summed E-state index contributed by atoms with van der Waals surface area (Å²) in [5.41, 5.74) is 0.275. The number of hydrogen-bond acceptors (Lipinski definition) is 0. The molecule has 2 aromatic rings. The predicted molar refractivity (Wildman–Crippen MR) is 61.6 cm³/mol. The van der Waals surface area contributed by atoms with Crippen LogP contribution in [0.5, 0.6) is 0 Å². The molecular formula is C14H10F4. The smallest absolute Gasteiger partial charge is 0.207 e. The van der Waals surface area contributed by atoms with E-state index in [2.05, 4.69) is 0 Å². The lowest BCUT2D eigenvalue weighted by atomic mass is 9.95. The van der Waals surface area contributed by atoms with E-state index in [1.807, 2.05) is 0 Å². The van der Waals surface area contributed by atoms with Crippen LogP contribution in [-0.4, -0.2) is 0 Å². The summed E-state index contributed by atoms with van der Waals surface area (Å²) in [6.07, 6.45) is -4.42. The molecule has 18 heavy (non-hydrogen) atoms. The Morgan fingerprint density at radius 1 is 0.889 bits per heavy atom. The van der Waals surface area contributed by atoms with Crippen LogP contribution in [0.4, 0.5) is 17.6 Å². The van der Waals surface area contributed by atoms with Crippen molar-refractivity contribution in [1.82, 2.24) is 0 Å². The van der Waals surface area contributed by atoms with Gasteiger partial charge in [-0.2, -0.15) is 13.2 Å². The molecule has 0 radical (unpaired) electrons. The summed E-state index contributed by atoms with van der Waals surface area (Å²) in [7, 11) is 0. The van der Waals surface area contributed by atoms with Gasteiger partial charge in [0.1, 0.15) is 5.82 Å². The standard InChI is InChI=1S/C14H10F4/c1-9-3-2-4-12(14(16,17)18)13(9)10-5-7-11(15)8-6-10/h2-8H,1H3. The molecule has 0 nitrogen and oxygen atoms in total. The Morgan fingerprint density at radius 3 is 2.06 bits per heavy atom. The fraction of sp³-hybridized carbons (Fsp3) is 0.143. The van der Waals surface area contributed by atoms with Gasteiger partial charge in [0.2, 0.25) is 0 Å². The van der Waals surface area contributed by atoms with Crippen molar-refractivity contribution in [3.63, 3.8) is 0 Å². The van der Waals surface area contributed by atoms with Crippen LogP contribution in [0.2, 0.25) is 0 Å². The Hall–Kier alpha value is -1.84. The van der Waals surface area contributed by atoms with E-state index in [1.165, 1.54) is 18.2 Å². The lowest BCUT2D eigenvalue weighted by Crippen LogP contribution is -2.08. The molecule has 2 rings (SSSR count). The minimum atomic E-state index is -4.42. The number of halogens is 4. The molecule has 0 spiro atoms. The molecule has 0 unspecified atom stereocenters. The SMILES string of the molecule is Cc1cccc(C(F)(F)F)c1-c1ccc(F)cc1. The van der Waals surface area contributed by atoms with Crippen molar-refractivity contribution in [2.24, 2.45) is 0 Å². The Bertz CT molecular complexity index is 553. The normalized spacial score (nSPS) is 11.6. The van der Waals surface area contributed by atoms with Crippen LogP contribution in [0.1, 0.15) is 11.1 Å². The van der Waals surface area contributed by atoms with Crippen molar-refractivity contribution < 1.29 is 17.6 Å². The third-order valence-corrected chi connectivity index (χ3v) is 2.71. The Balaban J connectivity index is 2.66. The van der Waals surface area contributed by atoms with Crippen molar-refractivity contribution >= 4 is 0 Å². The van der Waals surface area contributed by atoms with E-state index in [1.54, 1.807) is 13.0 Å². The first-order valence-corrected chi connectivity index (χ1v) is 5.32. The minimum absolute atomic E-state index is 0.102. The molecular weight excluding hydrogens is 244 g/mol. The first kappa shape index (κ1) is 12.6. The molecule has 0 atom stereocenters. The number of alkyl halides is 3. The summed E-state index contributed by atoms with van der Waals surface area (Å²) in [5, 5.41) is 0. The maximum absolute atomic E-state index is 12.9. The van der Waals surface area contributed by atoms with Gasteiger partial charge in [-0.15, -0.1) is 0 Å². The third kappa shape index (κ3) is 2.37. The highest BCUT2D eigenvalue weighted by atomic mass is 19.4. The summed E-state index contributed by atoms with van der Waals surface area (Å²) in [6, 6.07) is 9.02. The van der Waals surface area contributed by atoms with Crippen LogP contribution in [0, 0.1) is 12.7 Å². The van der Waals surface area contributed by atoms with Gasteiger partial charge in [-0.05, 0) is 41.8 Å². The summed E-state index contributed by atoms with van der Waals surface area (Å²) in [5.74, 6) is -0.471. The molecule has 0 heterocycles. The molecule has 0 aliphatic carbocycles. The van der Waals surface area contributed by atoms with Gasteiger partial charge in [0.25, 0.3) is 0 Å². The van der Waals surface area contributed by atoms with Crippen molar-refractivity contribution in [1.29, 1.82) is 0 Å². The molecule has 4 heteroatoms. The lowest BCUT2D eigenvalue weighted by molar-refractivity contribution is -0.137. The van der Waals surface area contributed by atoms with Crippen molar-refractivity contribution in [3.05, 3.63) is 59.4 Å². The molecule has 0 amide bonds. The number of hydrogen-bond donors (Lipinski definition) is 0. The Kier molecular flexibility index (Phi) is 3.11. The van der Waals surface area contributed by atoms with E-state index in [9.17, 15) is 17.6 Å². The van der Waals surface area contributed by atoms with Crippen LogP contribution in [0.15, 0.2) is 42.5 Å². The average Bonchev–Trinajstić information content (AvgIpc) is 2.29. The molecule has 0 saturated heterocycles. The molecule has 94 valence electrons. The first-order chi connectivity index (χ1) is 8.39. The van der Waals surface area contributed by atoms with Gasteiger partial charge in [-0.25, -0.2) is 4.39 Å². The van der Waals surface area contributed by atoms with Gasteiger partial charge in [-0.1, -0.05) is 24.3 Å². The Morgan fingerprint density at radius 2 is 1.50 bits per heavy atom. The molecule has 0 fully saturated rings. The van der Waals surface area contributed by atoms with E-state index < -0.39 is 17.6 Å². The zero-order chi connectivity index (χ0) is 13.3. The van der Waals surface area contributed by atoms with Gasteiger partial charge in [0, 0.05) is 0 Å². The van der Waals surface area contributed by atoms with Gasteiger partial charge in [0.05, 0.1) is 5.56 Å². The zero-order valence-electron chi connectivity index (χ0n) is 9.55. The van der Waals surface area contributed by atoms with Crippen LogP contribution in [0.3, 0.4) is 0 Å². The zero-order valence-corrected chi connectivity index (χ0v) is 9.55.